The van der Waals surface area contributed by atoms with Crippen molar-refractivity contribution in [3.8, 4) is 0 Å². The van der Waals surface area contributed by atoms with Gasteiger partial charge in [-0.3, -0.25) is 14.9 Å². The minimum absolute atomic E-state index is 0.181. The summed E-state index contributed by atoms with van der Waals surface area (Å²) < 4.78 is 7.26. The molecule has 0 saturated carbocycles. The summed E-state index contributed by atoms with van der Waals surface area (Å²) in [6.45, 7) is 2.43. The molecule has 1 amide bonds. The molecule has 3 aromatic rings. The van der Waals surface area contributed by atoms with Crippen molar-refractivity contribution in [1.29, 1.82) is 0 Å². The van der Waals surface area contributed by atoms with Gasteiger partial charge in [0.25, 0.3) is 5.91 Å². The first kappa shape index (κ1) is 19.8. The number of carbonyl (C=O) groups is 1. The third-order valence-electron chi connectivity index (χ3n) is 5.63. The zero-order valence-corrected chi connectivity index (χ0v) is 16.5. The number of primary amides is 1. The van der Waals surface area contributed by atoms with Crippen LogP contribution in [0.25, 0.3) is 0 Å². The van der Waals surface area contributed by atoms with Crippen LogP contribution >= 0.6 is 0 Å². The van der Waals surface area contributed by atoms with E-state index in [0.29, 0.717) is 25.3 Å². The van der Waals surface area contributed by atoms with Crippen LogP contribution in [0.1, 0.15) is 40.2 Å². The first-order valence-corrected chi connectivity index (χ1v) is 9.73. The molecule has 1 aromatic heterocycles. The van der Waals surface area contributed by atoms with Crippen LogP contribution in [0, 0.1) is 10.1 Å². The molecule has 2 N–H and O–H groups in total. The van der Waals surface area contributed by atoms with Crippen molar-refractivity contribution >= 4 is 11.6 Å². The molecule has 1 aliphatic heterocycles. The summed E-state index contributed by atoms with van der Waals surface area (Å²) >= 11 is 0. The SMILES string of the molecule is CCc1c([N+](=O)[O-])c(C(N)=O)nn1C1(C(c2ccccc2)c2ccccc2)COC1. The Morgan fingerprint density at radius 3 is 2.07 bits per heavy atom. The van der Waals surface area contributed by atoms with Gasteiger partial charge in [0.1, 0.15) is 11.2 Å². The molecule has 1 aliphatic rings. The number of rotatable bonds is 7. The van der Waals surface area contributed by atoms with E-state index in [2.05, 4.69) is 5.10 Å². The van der Waals surface area contributed by atoms with Gasteiger partial charge in [-0.15, -0.1) is 0 Å². The van der Waals surface area contributed by atoms with Crippen molar-refractivity contribution in [3.63, 3.8) is 0 Å². The first-order valence-electron chi connectivity index (χ1n) is 9.73. The Kier molecular flexibility index (Phi) is 5.09. The predicted molar refractivity (Wildman–Crippen MR) is 110 cm³/mol. The maximum Gasteiger partial charge on any atom is 0.323 e. The van der Waals surface area contributed by atoms with Crippen molar-refractivity contribution in [3.05, 3.63) is 93.3 Å². The number of benzene rings is 2. The average molecular weight is 406 g/mol. The van der Waals surface area contributed by atoms with E-state index in [1.165, 1.54) is 0 Å². The van der Waals surface area contributed by atoms with Gasteiger partial charge >= 0.3 is 5.69 Å². The molecule has 154 valence electrons. The maximum atomic E-state index is 12.0. The van der Waals surface area contributed by atoms with Crippen LogP contribution in [-0.4, -0.2) is 33.8 Å². The van der Waals surface area contributed by atoms with Crippen molar-refractivity contribution in [2.75, 3.05) is 13.2 Å². The molecule has 8 nitrogen and oxygen atoms in total. The van der Waals surface area contributed by atoms with Gasteiger partial charge in [-0.25, -0.2) is 4.68 Å². The Bertz CT molecular complexity index is 1040. The summed E-state index contributed by atoms with van der Waals surface area (Å²) in [4.78, 5) is 23.2. The first-order chi connectivity index (χ1) is 14.5. The smallest absolute Gasteiger partial charge is 0.323 e. The highest BCUT2D eigenvalue weighted by Crippen LogP contribution is 2.46. The lowest BCUT2D eigenvalue weighted by atomic mass is 9.73. The standard InChI is InChI=1S/C22H22N4O4/c1-2-17-20(26(28)29)19(21(23)27)24-25(17)22(13-30-14-22)18(15-9-5-3-6-10-15)16-11-7-4-8-12-16/h3-12,18H,2,13-14H2,1H3,(H2,23,27). The summed E-state index contributed by atoms with van der Waals surface area (Å²) in [5.41, 5.74) is 6.52. The number of carbonyl (C=O) groups excluding carboxylic acids is 1. The van der Waals surface area contributed by atoms with E-state index in [1.807, 2.05) is 60.7 Å². The Hall–Kier alpha value is -3.52. The minimum atomic E-state index is -0.915. The fourth-order valence-electron chi connectivity index (χ4n) is 4.31. The minimum Gasteiger partial charge on any atom is -0.376 e. The summed E-state index contributed by atoms with van der Waals surface area (Å²) in [5, 5.41) is 16.2. The number of hydrogen-bond acceptors (Lipinski definition) is 5. The van der Waals surface area contributed by atoms with Crippen LogP contribution in [0.2, 0.25) is 0 Å². The predicted octanol–water partition coefficient (Wildman–Crippen LogP) is 3.01. The molecular formula is C22H22N4O4. The van der Waals surface area contributed by atoms with Crippen molar-refractivity contribution in [1.82, 2.24) is 9.78 Å². The van der Waals surface area contributed by atoms with Gasteiger partial charge in [-0.05, 0) is 17.5 Å². The van der Waals surface area contributed by atoms with Crippen LogP contribution in [0.5, 0.6) is 0 Å². The van der Waals surface area contributed by atoms with Gasteiger partial charge in [-0.2, -0.15) is 5.10 Å². The zero-order valence-electron chi connectivity index (χ0n) is 16.5. The number of amides is 1. The number of nitro groups is 1. The second-order valence-electron chi connectivity index (χ2n) is 7.38. The fourth-order valence-corrected chi connectivity index (χ4v) is 4.31. The Balaban J connectivity index is 1.98. The van der Waals surface area contributed by atoms with Crippen LogP contribution < -0.4 is 5.73 Å². The highest BCUT2D eigenvalue weighted by atomic mass is 16.6. The van der Waals surface area contributed by atoms with Gasteiger partial charge in [0.2, 0.25) is 5.69 Å². The Morgan fingerprint density at radius 2 is 1.70 bits per heavy atom. The maximum absolute atomic E-state index is 12.0. The van der Waals surface area contributed by atoms with Gasteiger partial charge in [-0.1, -0.05) is 67.6 Å². The van der Waals surface area contributed by atoms with Crippen molar-refractivity contribution in [2.24, 2.45) is 5.73 Å². The van der Waals surface area contributed by atoms with E-state index >= 15 is 0 Å². The van der Waals surface area contributed by atoms with E-state index in [1.54, 1.807) is 11.6 Å². The third kappa shape index (κ3) is 3.05. The van der Waals surface area contributed by atoms with E-state index in [4.69, 9.17) is 10.5 Å². The largest absolute Gasteiger partial charge is 0.376 e. The van der Waals surface area contributed by atoms with Crippen LogP contribution in [0.3, 0.4) is 0 Å². The molecule has 30 heavy (non-hydrogen) atoms. The van der Waals surface area contributed by atoms with Gasteiger partial charge in [0.05, 0.1) is 18.1 Å². The third-order valence-corrected chi connectivity index (χ3v) is 5.63. The molecule has 0 atom stereocenters. The molecule has 0 unspecified atom stereocenters. The number of ether oxygens (including phenoxy) is 1. The fraction of sp³-hybridized carbons (Fsp3) is 0.273. The lowest BCUT2D eigenvalue weighted by molar-refractivity contribution is -0.386. The highest BCUT2D eigenvalue weighted by Gasteiger charge is 2.52. The van der Waals surface area contributed by atoms with E-state index in [0.717, 1.165) is 11.1 Å². The second-order valence-corrected chi connectivity index (χ2v) is 7.38. The highest BCUT2D eigenvalue weighted by molar-refractivity contribution is 5.95. The number of aromatic nitrogens is 2. The second kappa shape index (κ2) is 7.72. The molecule has 1 fully saturated rings. The number of nitrogens with two attached hydrogens (primary N) is 1. The van der Waals surface area contributed by atoms with Crippen molar-refractivity contribution < 1.29 is 14.5 Å². The van der Waals surface area contributed by atoms with Crippen LogP contribution in [-0.2, 0) is 16.7 Å². The molecule has 0 spiro atoms. The van der Waals surface area contributed by atoms with E-state index in [-0.39, 0.29) is 17.3 Å². The summed E-state index contributed by atoms with van der Waals surface area (Å²) in [6.07, 6.45) is 0.328. The molecule has 0 aliphatic carbocycles. The summed E-state index contributed by atoms with van der Waals surface area (Å²) in [5.74, 6) is -1.10. The molecule has 2 heterocycles. The lowest BCUT2D eigenvalue weighted by Crippen LogP contribution is -2.57. The number of hydrogen-bond donors (Lipinski definition) is 1. The zero-order chi connectivity index (χ0) is 21.3. The van der Waals surface area contributed by atoms with Gasteiger partial charge in [0.15, 0.2) is 0 Å². The Morgan fingerprint density at radius 1 is 1.17 bits per heavy atom. The molecular weight excluding hydrogens is 384 g/mol. The van der Waals surface area contributed by atoms with E-state index in [9.17, 15) is 14.9 Å². The average Bonchev–Trinajstić information content (AvgIpc) is 3.12. The molecule has 0 radical (unpaired) electrons. The van der Waals surface area contributed by atoms with Crippen LogP contribution in [0.4, 0.5) is 5.69 Å². The van der Waals surface area contributed by atoms with Crippen LogP contribution in [0.15, 0.2) is 60.7 Å². The lowest BCUT2D eigenvalue weighted by Gasteiger charge is -2.48. The molecule has 4 rings (SSSR count). The molecule has 8 heteroatoms. The molecule has 0 bridgehead atoms. The topological polar surface area (TPSA) is 113 Å². The normalized spacial score (nSPS) is 15.0. The molecule has 2 aromatic carbocycles. The number of nitrogens with zero attached hydrogens (tertiary/aromatic N) is 3. The van der Waals surface area contributed by atoms with Gasteiger partial charge in [0, 0.05) is 5.92 Å². The van der Waals surface area contributed by atoms with Crippen molar-refractivity contribution in [2.45, 2.75) is 24.8 Å². The Labute approximate surface area is 173 Å². The van der Waals surface area contributed by atoms with E-state index < -0.39 is 16.4 Å². The quantitative estimate of drug-likeness (QED) is 0.479. The summed E-state index contributed by atoms with van der Waals surface area (Å²) in [6, 6.07) is 19.8. The monoisotopic (exact) mass is 406 g/mol. The van der Waals surface area contributed by atoms with Gasteiger partial charge < -0.3 is 10.5 Å². The summed E-state index contributed by atoms with van der Waals surface area (Å²) in [7, 11) is 0. The molecule has 1 saturated heterocycles.